The van der Waals surface area contributed by atoms with Crippen LogP contribution >= 0.6 is 11.8 Å². The van der Waals surface area contributed by atoms with Crippen molar-refractivity contribution in [2.24, 2.45) is 12.8 Å². The number of rotatable bonds is 2. The number of nitrogens with zero attached hydrogens (tertiary/aromatic N) is 3. The molecule has 0 bridgehead atoms. The minimum atomic E-state index is 0.0906. The molecule has 4 nitrogen and oxygen atoms in total. The first-order chi connectivity index (χ1) is 8.25. The average Bonchev–Trinajstić information content (AvgIpc) is 2.87. The molecule has 17 heavy (non-hydrogen) atoms. The van der Waals surface area contributed by atoms with Crippen LogP contribution in [0.25, 0.3) is 0 Å². The smallest absolute Gasteiger partial charge is 0.186 e. The number of aryl methyl sites for hydroxylation is 1. The van der Waals surface area contributed by atoms with Crippen molar-refractivity contribution in [2.45, 2.75) is 22.9 Å². The zero-order valence-corrected chi connectivity index (χ0v) is 10.4. The first-order valence-electron chi connectivity index (χ1n) is 5.60. The first kappa shape index (κ1) is 10.8. The molecular weight excluding hydrogens is 232 g/mol. The van der Waals surface area contributed by atoms with E-state index in [2.05, 4.69) is 28.3 Å². The summed E-state index contributed by atoms with van der Waals surface area (Å²) in [4.78, 5) is 4.24. The van der Waals surface area contributed by atoms with E-state index in [0.717, 1.165) is 11.6 Å². The minimum absolute atomic E-state index is 0.0906. The molecule has 0 spiro atoms. The van der Waals surface area contributed by atoms with Gasteiger partial charge in [-0.3, -0.25) is 0 Å². The molecule has 2 atom stereocenters. The molecule has 1 aliphatic carbocycles. The molecule has 0 aliphatic heterocycles. The molecule has 88 valence electrons. The summed E-state index contributed by atoms with van der Waals surface area (Å²) in [5, 5.41) is 5.36. The molecule has 0 radical (unpaired) electrons. The Hall–Kier alpha value is -1.33. The largest absolute Gasteiger partial charge is 0.323 e. The Balaban J connectivity index is 1.83. The van der Waals surface area contributed by atoms with E-state index >= 15 is 0 Å². The molecule has 0 saturated carbocycles. The van der Waals surface area contributed by atoms with Gasteiger partial charge in [-0.05, 0) is 17.5 Å². The highest BCUT2D eigenvalue weighted by Gasteiger charge is 2.30. The van der Waals surface area contributed by atoms with E-state index in [0.29, 0.717) is 5.25 Å². The number of hydrogen-bond acceptors (Lipinski definition) is 4. The highest BCUT2D eigenvalue weighted by atomic mass is 32.2. The minimum Gasteiger partial charge on any atom is -0.323 e. The number of fused-ring (bicyclic) bond motifs is 1. The Kier molecular flexibility index (Phi) is 2.64. The van der Waals surface area contributed by atoms with E-state index in [1.165, 1.54) is 11.1 Å². The van der Waals surface area contributed by atoms with Crippen molar-refractivity contribution in [1.29, 1.82) is 0 Å². The summed E-state index contributed by atoms with van der Waals surface area (Å²) in [6.45, 7) is 0. The van der Waals surface area contributed by atoms with Crippen LogP contribution in [0, 0.1) is 0 Å². The van der Waals surface area contributed by atoms with Crippen molar-refractivity contribution in [1.82, 2.24) is 14.8 Å². The van der Waals surface area contributed by atoms with E-state index in [1.54, 1.807) is 22.8 Å². The Morgan fingerprint density at radius 2 is 2.24 bits per heavy atom. The summed E-state index contributed by atoms with van der Waals surface area (Å²) in [7, 11) is 1.91. The molecule has 2 aromatic rings. The van der Waals surface area contributed by atoms with Gasteiger partial charge >= 0.3 is 0 Å². The van der Waals surface area contributed by atoms with Crippen molar-refractivity contribution in [3.8, 4) is 0 Å². The monoisotopic (exact) mass is 246 g/mol. The van der Waals surface area contributed by atoms with Gasteiger partial charge in [-0.25, -0.2) is 9.67 Å². The normalized spacial score (nSPS) is 22.7. The molecule has 1 heterocycles. The molecule has 0 amide bonds. The number of hydrogen-bond donors (Lipinski definition) is 1. The molecule has 5 heteroatoms. The van der Waals surface area contributed by atoms with Crippen molar-refractivity contribution in [3.05, 3.63) is 41.7 Å². The maximum Gasteiger partial charge on any atom is 0.186 e. The molecule has 2 unspecified atom stereocenters. The highest BCUT2D eigenvalue weighted by Crippen LogP contribution is 2.39. The molecule has 0 saturated heterocycles. The van der Waals surface area contributed by atoms with Gasteiger partial charge < -0.3 is 5.73 Å². The Labute approximate surface area is 104 Å². The summed E-state index contributed by atoms with van der Waals surface area (Å²) >= 11 is 1.71. The van der Waals surface area contributed by atoms with Gasteiger partial charge in [0, 0.05) is 18.3 Å². The second-order valence-electron chi connectivity index (χ2n) is 4.25. The van der Waals surface area contributed by atoms with Crippen LogP contribution in [0.2, 0.25) is 0 Å². The predicted molar refractivity (Wildman–Crippen MR) is 67.7 cm³/mol. The van der Waals surface area contributed by atoms with Gasteiger partial charge in [-0.1, -0.05) is 36.0 Å². The summed E-state index contributed by atoms with van der Waals surface area (Å²) in [5.41, 5.74) is 8.91. The summed E-state index contributed by atoms with van der Waals surface area (Å²) in [6, 6.07) is 8.49. The van der Waals surface area contributed by atoms with Crippen molar-refractivity contribution >= 4 is 11.8 Å². The van der Waals surface area contributed by atoms with E-state index in [-0.39, 0.29) is 6.04 Å². The van der Waals surface area contributed by atoms with Gasteiger partial charge in [0.2, 0.25) is 0 Å². The lowest BCUT2D eigenvalue weighted by Gasteiger charge is -2.14. The van der Waals surface area contributed by atoms with E-state index in [1.807, 2.05) is 13.1 Å². The van der Waals surface area contributed by atoms with Crippen LogP contribution in [0.1, 0.15) is 17.2 Å². The topological polar surface area (TPSA) is 56.7 Å². The SMILES string of the molecule is Cn1ncnc1SC1Cc2ccccc2C1N. The van der Waals surface area contributed by atoms with Crippen LogP contribution in [0.3, 0.4) is 0 Å². The zero-order valence-electron chi connectivity index (χ0n) is 9.58. The lowest BCUT2D eigenvalue weighted by molar-refractivity contribution is 0.673. The van der Waals surface area contributed by atoms with Crippen LogP contribution in [0.4, 0.5) is 0 Å². The van der Waals surface area contributed by atoms with E-state index in [4.69, 9.17) is 5.73 Å². The van der Waals surface area contributed by atoms with Gasteiger partial charge in [-0.15, -0.1) is 0 Å². The fourth-order valence-corrected chi connectivity index (χ4v) is 3.37. The Morgan fingerprint density at radius 3 is 2.94 bits per heavy atom. The summed E-state index contributed by atoms with van der Waals surface area (Å²) in [5.74, 6) is 0. The first-order valence-corrected chi connectivity index (χ1v) is 6.47. The lowest BCUT2D eigenvalue weighted by atomic mass is 10.1. The maximum atomic E-state index is 6.28. The van der Waals surface area contributed by atoms with Crippen molar-refractivity contribution < 1.29 is 0 Å². The molecule has 3 rings (SSSR count). The molecule has 1 aliphatic rings. The van der Waals surface area contributed by atoms with Gasteiger partial charge in [-0.2, -0.15) is 5.10 Å². The van der Waals surface area contributed by atoms with Gasteiger partial charge in [0.15, 0.2) is 5.16 Å². The molecule has 0 fully saturated rings. The predicted octanol–water partition coefficient (Wildman–Crippen LogP) is 1.53. The number of benzene rings is 1. The van der Waals surface area contributed by atoms with Crippen molar-refractivity contribution in [2.75, 3.05) is 0 Å². The van der Waals surface area contributed by atoms with Gasteiger partial charge in [0.05, 0.1) is 0 Å². The second-order valence-corrected chi connectivity index (χ2v) is 5.46. The number of thioether (sulfide) groups is 1. The Morgan fingerprint density at radius 1 is 1.41 bits per heavy atom. The number of aromatic nitrogens is 3. The van der Waals surface area contributed by atoms with Gasteiger partial charge in [0.1, 0.15) is 6.33 Å². The van der Waals surface area contributed by atoms with Crippen molar-refractivity contribution in [3.63, 3.8) is 0 Å². The summed E-state index contributed by atoms with van der Waals surface area (Å²) < 4.78 is 1.79. The molecule has 2 N–H and O–H groups in total. The molecule has 1 aromatic heterocycles. The average molecular weight is 246 g/mol. The van der Waals surface area contributed by atoms with Crippen LogP contribution in [-0.4, -0.2) is 20.0 Å². The van der Waals surface area contributed by atoms with Crippen LogP contribution in [-0.2, 0) is 13.5 Å². The third-order valence-corrected chi connectivity index (χ3v) is 4.51. The van der Waals surface area contributed by atoms with E-state index in [9.17, 15) is 0 Å². The van der Waals surface area contributed by atoms with Crippen LogP contribution in [0.15, 0.2) is 35.7 Å². The standard InChI is InChI=1S/C12H14N4S/c1-16-12(14-7-15-16)17-10-6-8-4-2-3-5-9(8)11(10)13/h2-5,7,10-11H,6,13H2,1H3. The third-order valence-electron chi connectivity index (χ3n) is 3.16. The third kappa shape index (κ3) is 1.85. The zero-order chi connectivity index (χ0) is 11.8. The maximum absolute atomic E-state index is 6.28. The molecule has 1 aromatic carbocycles. The fourth-order valence-electron chi connectivity index (χ4n) is 2.23. The van der Waals surface area contributed by atoms with Gasteiger partial charge in [0.25, 0.3) is 0 Å². The molecular formula is C12H14N4S. The second kappa shape index (κ2) is 4.16. The number of nitrogens with two attached hydrogens (primary N) is 1. The fraction of sp³-hybridized carbons (Fsp3) is 0.333. The van der Waals surface area contributed by atoms with Crippen LogP contribution < -0.4 is 5.73 Å². The Bertz CT molecular complexity index is 537. The lowest BCUT2D eigenvalue weighted by Crippen LogP contribution is -2.19. The van der Waals surface area contributed by atoms with E-state index < -0.39 is 0 Å². The highest BCUT2D eigenvalue weighted by molar-refractivity contribution is 7.99. The van der Waals surface area contributed by atoms with Crippen LogP contribution in [0.5, 0.6) is 0 Å². The summed E-state index contributed by atoms with van der Waals surface area (Å²) in [6.07, 6.45) is 2.59. The quantitative estimate of drug-likeness (QED) is 0.873.